The summed E-state index contributed by atoms with van der Waals surface area (Å²) in [5.74, 6) is 0.364. The predicted octanol–water partition coefficient (Wildman–Crippen LogP) is 4.18. The SMILES string of the molecule is O=C(N1CCC(c2nc3c(nnn3Cc3ccccc3F)c(=O)[nH]2)CC1)C1(c2ccc(Cl)cc2)CCC1. The van der Waals surface area contributed by atoms with Crippen molar-refractivity contribution >= 4 is 28.7 Å². The summed E-state index contributed by atoms with van der Waals surface area (Å²) in [6, 6.07) is 14.1. The Hall–Kier alpha value is -3.59. The second kappa shape index (κ2) is 9.37. The summed E-state index contributed by atoms with van der Waals surface area (Å²) in [4.78, 5) is 35.9. The van der Waals surface area contributed by atoms with E-state index in [4.69, 9.17) is 16.6 Å². The van der Waals surface area contributed by atoms with Crippen LogP contribution in [0.3, 0.4) is 0 Å². The van der Waals surface area contributed by atoms with Crippen LogP contribution in [0.4, 0.5) is 4.39 Å². The molecule has 1 aliphatic carbocycles. The quantitative estimate of drug-likeness (QED) is 0.426. The largest absolute Gasteiger partial charge is 0.342 e. The van der Waals surface area contributed by atoms with Gasteiger partial charge in [-0.15, -0.1) is 5.10 Å². The van der Waals surface area contributed by atoms with Crippen LogP contribution in [0, 0.1) is 5.82 Å². The molecule has 2 aromatic carbocycles. The van der Waals surface area contributed by atoms with Gasteiger partial charge in [0.2, 0.25) is 5.91 Å². The van der Waals surface area contributed by atoms with Crippen molar-refractivity contribution in [2.45, 2.75) is 50.0 Å². The summed E-state index contributed by atoms with van der Waals surface area (Å²) in [5.41, 5.74) is 1.10. The number of fused-ring (bicyclic) bond motifs is 1. The molecule has 2 aliphatic rings. The maximum absolute atomic E-state index is 14.2. The molecule has 0 unspecified atom stereocenters. The molecule has 4 aromatic rings. The zero-order valence-electron chi connectivity index (χ0n) is 20.2. The summed E-state index contributed by atoms with van der Waals surface area (Å²) in [6.07, 6.45) is 4.10. The summed E-state index contributed by atoms with van der Waals surface area (Å²) in [7, 11) is 0. The Morgan fingerprint density at radius 3 is 2.51 bits per heavy atom. The van der Waals surface area contributed by atoms with Crippen LogP contribution >= 0.6 is 11.6 Å². The standard InChI is InChI=1S/C27H26ClFN6O2/c28-20-8-6-19(7-9-20)27(12-3-13-27)26(37)34-14-10-17(11-15-34)23-30-24-22(25(36)31-23)32-33-35(24)16-18-4-1-2-5-21(18)29/h1-2,4-9,17H,3,10-16H2,(H,30,31,36). The molecule has 2 fully saturated rings. The van der Waals surface area contributed by atoms with Crippen LogP contribution < -0.4 is 5.56 Å². The van der Waals surface area contributed by atoms with Crippen molar-refractivity contribution in [2.24, 2.45) is 0 Å². The van der Waals surface area contributed by atoms with E-state index < -0.39 is 5.41 Å². The van der Waals surface area contributed by atoms with Gasteiger partial charge in [0.25, 0.3) is 5.56 Å². The van der Waals surface area contributed by atoms with E-state index in [1.807, 2.05) is 29.2 Å². The van der Waals surface area contributed by atoms with Crippen molar-refractivity contribution in [3.63, 3.8) is 0 Å². The molecular weight excluding hydrogens is 495 g/mol. The number of hydrogen-bond acceptors (Lipinski definition) is 5. The number of aromatic nitrogens is 5. The first-order valence-electron chi connectivity index (χ1n) is 12.6. The van der Waals surface area contributed by atoms with Gasteiger partial charge >= 0.3 is 0 Å². The Kier molecular flexibility index (Phi) is 6.03. The van der Waals surface area contributed by atoms with Crippen LogP contribution in [0.1, 0.15) is 55.0 Å². The van der Waals surface area contributed by atoms with E-state index in [1.165, 1.54) is 10.7 Å². The molecule has 1 N–H and O–H groups in total. The maximum Gasteiger partial charge on any atom is 0.281 e. The van der Waals surface area contributed by atoms with Gasteiger partial charge in [-0.05, 0) is 49.4 Å². The summed E-state index contributed by atoms with van der Waals surface area (Å²) >= 11 is 6.07. The second-order valence-electron chi connectivity index (χ2n) is 9.97. The maximum atomic E-state index is 14.2. The minimum atomic E-state index is -0.465. The molecule has 8 nitrogen and oxygen atoms in total. The first kappa shape index (κ1) is 23.8. The first-order chi connectivity index (χ1) is 17.9. The van der Waals surface area contributed by atoms with E-state index in [-0.39, 0.29) is 35.3 Å². The third-order valence-corrected chi connectivity index (χ3v) is 8.10. The molecule has 0 atom stereocenters. The van der Waals surface area contributed by atoms with Crippen LogP contribution in [-0.4, -0.2) is 48.9 Å². The number of piperidine rings is 1. The molecule has 37 heavy (non-hydrogen) atoms. The van der Waals surface area contributed by atoms with Crippen LogP contribution in [0.5, 0.6) is 0 Å². The lowest BCUT2D eigenvalue weighted by atomic mass is 9.63. The minimum absolute atomic E-state index is 0.00849. The Morgan fingerprint density at radius 2 is 1.84 bits per heavy atom. The average Bonchev–Trinajstić information content (AvgIpc) is 3.29. The number of carbonyl (C=O) groups excluding carboxylic acids is 1. The van der Waals surface area contributed by atoms with E-state index in [0.717, 1.165) is 24.8 Å². The summed E-state index contributed by atoms with van der Waals surface area (Å²) in [5, 5.41) is 8.68. The Labute approximate surface area is 217 Å². The zero-order valence-corrected chi connectivity index (χ0v) is 20.9. The van der Waals surface area contributed by atoms with Crippen molar-refractivity contribution in [1.82, 2.24) is 29.9 Å². The van der Waals surface area contributed by atoms with Crippen molar-refractivity contribution in [2.75, 3.05) is 13.1 Å². The Balaban J connectivity index is 1.20. The third-order valence-electron chi connectivity index (χ3n) is 7.85. The van der Waals surface area contributed by atoms with Gasteiger partial charge in [0.15, 0.2) is 11.2 Å². The van der Waals surface area contributed by atoms with Gasteiger partial charge < -0.3 is 9.88 Å². The molecule has 0 bridgehead atoms. The number of amides is 1. The van der Waals surface area contributed by atoms with Gasteiger partial charge in [-0.25, -0.2) is 14.1 Å². The minimum Gasteiger partial charge on any atom is -0.342 e. The van der Waals surface area contributed by atoms with E-state index in [1.54, 1.807) is 18.2 Å². The fourth-order valence-corrected chi connectivity index (χ4v) is 5.68. The Morgan fingerprint density at radius 1 is 1.11 bits per heavy atom. The van der Waals surface area contributed by atoms with E-state index in [0.29, 0.717) is 48.0 Å². The van der Waals surface area contributed by atoms with Gasteiger partial charge in [0, 0.05) is 29.6 Å². The highest BCUT2D eigenvalue weighted by Gasteiger charge is 2.48. The molecular formula is C27H26ClFN6O2. The molecule has 190 valence electrons. The highest BCUT2D eigenvalue weighted by Crippen LogP contribution is 2.46. The fraction of sp³-hybridized carbons (Fsp3) is 0.370. The van der Waals surface area contributed by atoms with E-state index >= 15 is 0 Å². The zero-order chi connectivity index (χ0) is 25.6. The highest BCUT2D eigenvalue weighted by molar-refractivity contribution is 6.30. The van der Waals surface area contributed by atoms with Crippen LogP contribution in [0.15, 0.2) is 53.3 Å². The van der Waals surface area contributed by atoms with Gasteiger partial charge in [-0.2, -0.15) is 0 Å². The lowest BCUT2D eigenvalue weighted by molar-refractivity contribution is -0.142. The van der Waals surface area contributed by atoms with Crippen molar-refractivity contribution < 1.29 is 9.18 Å². The van der Waals surface area contributed by atoms with Crippen molar-refractivity contribution in [3.05, 3.63) is 86.7 Å². The predicted molar refractivity (Wildman–Crippen MR) is 137 cm³/mol. The number of H-pyrrole nitrogens is 1. The van der Waals surface area contributed by atoms with E-state index in [9.17, 15) is 14.0 Å². The molecule has 1 amide bonds. The lowest BCUT2D eigenvalue weighted by Crippen LogP contribution is -2.53. The van der Waals surface area contributed by atoms with E-state index in [2.05, 4.69) is 15.3 Å². The molecule has 3 heterocycles. The van der Waals surface area contributed by atoms with Crippen molar-refractivity contribution in [3.8, 4) is 0 Å². The van der Waals surface area contributed by atoms with Crippen LogP contribution in [-0.2, 0) is 16.8 Å². The third kappa shape index (κ3) is 4.21. The number of aromatic amines is 1. The lowest BCUT2D eigenvalue weighted by Gasteiger charge is -2.45. The molecule has 2 aromatic heterocycles. The number of benzene rings is 2. The average molecular weight is 521 g/mol. The molecule has 10 heteroatoms. The molecule has 1 aliphatic heterocycles. The number of carbonyl (C=O) groups is 1. The van der Waals surface area contributed by atoms with Gasteiger partial charge in [0.1, 0.15) is 11.6 Å². The molecule has 0 spiro atoms. The van der Waals surface area contributed by atoms with Gasteiger partial charge in [-0.1, -0.05) is 53.6 Å². The van der Waals surface area contributed by atoms with Crippen LogP contribution in [0.2, 0.25) is 5.02 Å². The van der Waals surface area contributed by atoms with Gasteiger partial charge in [-0.3, -0.25) is 9.59 Å². The number of nitrogens with zero attached hydrogens (tertiary/aromatic N) is 5. The number of rotatable bonds is 5. The smallest absolute Gasteiger partial charge is 0.281 e. The Bertz CT molecular complexity index is 1520. The van der Waals surface area contributed by atoms with Gasteiger partial charge in [0.05, 0.1) is 12.0 Å². The summed E-state index contributed by atoms with van der Waals surface area (Å²) < 4.78 is 15.6. The summed E-state index contributed by atoms with van der Waals surface area (Å²) in [6.45, 7) is 1.31. The molecule has 1 saturated heterocycles. The number of likely N-dealkylation sites (tertiary alicyclic amines) is 1. The second-order valence-corrected chi connectivity index (χ2v) is 10.4. The fourth-order valence-electron chi connectivity index (χ4n) is 5.56. The highest BCUT2D eigenvalue weighted by atomic mass is 35.5. The number of hydrogen-bond donors (Lipinski definition) is 1. The molecule has 1 saturated carbocycles. The normalized spacial score (nSPS) is 17.6. The van der Waals surface area contributed by atoms with Crippen LogP contribution in [0.25, 0.3) is 11.2 Å². The first-order valence-corrected chi connectivity index (χ1v) is 12.9. The monoisotopic (exact) mass is 520 g/mol. The molecule has 0 radical (unpaired) electrons. The topological polar surface area (TPSA) is 96.8 Å². The molecule has 6 rings (SSSR count). The van der Waals surface area contributed by atoms with Crippen molar-refractivity contribution in [1.29, 1.82) is 0 Å². The number of nitrogens with one attached hydrogen (secondary N) is 1. The number of halogens is 2.